The molecule has 1 aromatic rings. The zero-order valence-electron chi connectivity index (χ0n) is 13.8. The van der Waals surface area contributed by atoms with Gasteiger partial charge in [0.2, 0.25) is 0 Å². The van der Waals surface area contributed by atoms with Crippen molar-refractivity contribution >= 4 is 5.97 Å². The lowest BCUT2D eigenvalue weighted by atomic mass is 9.99. The lowest BCUT2D eigenvalue weighted by Crippen LogP contribution is -2.10. The molecule has 0 unspecified atom stereocenters. The van der Waals surface area contributed by atoms with Crippen LogP contribution in [-0.4, -0.2) is 44.1 Å². The maximum Gasteiger partial charge on any atom is 0.329 e. The molecule has 1 fully saturated rings. The quantitative estimate of drug-likeness (QED) is 0.599. The summed E-state index contributed by atoms with van der Waals surface area (Å²) in [4.78, 5) is 10.2. The zero-order chi connectivity index (χ0) is 16.5. The Labute approximate surface area is 137 Å². The van der Waals surface area contributed by atoms with Crippen LogP contribution in [0.4, 0.5) is 0 Å². The fraction of sp³-hybridized carbons (Fsp3) is 0.611. The Morgan fingerprint density at radius 2 is 1.65 bits per heavy atom. The van der Waals surface area contributed by atoms with Crippen LogP contribution in [0.5, 0.6) is 5.75 Å². The van der Waals surface area contributed by atoms with Crippen molar-refractivity contribution in [3.05, 3.63) is 29.8 Å². The SMILES string of the molecule is CC1(c2ccc(OCCCOCCCOCC(=O)O)cc2)CC1. The molecule has 1 aliphatic rings. The minimum absolute atomic E-state index is 0.244. The van der Waals surface area contributed by atoms with Crippen LogP contribution in [0.15, 0.2) is 24.3 Å². The van der Waals surface area contributed by atoms with Gasteiger partial charge in [0.15, 0.2) is 0 Å². The van der Waals surface area contributed by atoms with Crippen molar-refractivity contribution < 1.29 is 24.1 Å². The summed E-state index contributed by atoms with van der Waals surface area (Å²) in [5.41, 5.74) is 1.80. The van der Waals surface area contributed by atoms with Crippen molar-refractivity contribution in [3.8, 4) is 5.75 Å². The Bertz CT molecular complexity index is 479. The van der Waals surface area contributed by atoms with Crippen LogP contribution >= 0.6 is 0 Å². The van der Waals surface area contributed by atoms with Crippen LogP contribution in [0.1, 0.15) is 38.2 Å². The Kier molecular flexibility index (Phi) is 6.86. The fourth-order valence-corrected chi connectivity index (χ4v) is 2.31. The van der Waals surface area contributed by atoms with Gasteiger partial charge >= 0.3 is 5.97 Å². The number of carboxylic acid groups (broad SMARTS) is 1. The molecule has 23 heavy (non-hydrogen) atoms. The highest BCUT2D eigenvalue weighted by Gasteiger charge is 2.38. The summed E-state index contributed by atoms with van der Waals surface area (Å²) in [6.07, 6.45) is 4.10. The van der Waals surface area contributed by atoms with Crippen LogP contribution in [0, 0.1) is 0 Å². The Morgan fingerprint density at radius 3 is 2.26 bits per heavy atom. The number of hydrogen-bond acceptors (Lipinski definition) is 4. The highest BCUT2D eigenvalue weighted by molar-refractivity contribution is 5.67. The molecule has 0 spiro atoms. The Morgan fingerprint density at radius 1 is 1.04 bits per heavy atom. The normalized spacial score (nSPS) is 15.3. The summed E-state index contributed by atoms with van der Waals surface area (Å²) >= 11 is 0. The third-order valence-electron chi connectivity index (χ3n) is 4.06. The zero-order valence-corrected chi connectivity index (χ0v) is 13.8. The van der Waals surface area contributed by atoms with Gasteiger partial charge in [0.25, 0.3) is 0 Å². The molecule has 0 heterocycles. The van der Waals surface area contributed by atoms with Gasteiger partial charge in [0.05, 0.1) is 6.61 Å². The van der Waals surface area contributed by atoms with Gasteiger partial charge in [0.1, 0.15) is 12.4 Å². The molecule has 128 valence electrons. The first kappa shape index (κ1) is 17.8. The minimum Gasteiger partial charge on any atom is -0.494 e. The summed E-state index contributed by atoms with van der Waals surface area (Å²) in [6.45, 7) is 4.31. The highest BCUT2D eigenvalue weighted by Crippen LogP contribution is 2.47. The molecule has 1 aromatic carbocycles. The van der Waals surface area contributed by atoms with Crippen molar-refractivity contribution in [2.24, 2.45) is 0 Å². The molecule has 1 N–H and O–H groups in total. The van der Waals surface area contributed by atoms with Crippen LogP contribution in [0.25, 0.3) is 0 Å². The van der Waals surface area contributed by atoms with Crippen LogP contribution in [-0.2, 0) is 19.7 Å². The van der Waals surface area contributed by atoms with Gasteiger partial charge in [-0.05, 0) is 42.4 Å². The topological polar surface area (TPSA) is 65.0 Å². The lowest BCUT2D eigenvalue weighted by molar-refractivity contribution is -0.142. The third-order valence-corrected chi connectivity index (χ3v) is 4.06. The van der Waals surface area contributed by atoms with E-state index >= 15 is 0 Å². The summed E-state index contributed by atoms with van der Waals surface area (Å²) in [7, 11) is 0. The number of carbonyl (C=O) groups is 1. The predicted octanol–water partition coefficient (Wildman–Crippen LogP) is 3.01. The average molecular weight is 322 g/mol. The van der Waals surface area contributed by atoms with E-state index in [1.807, 2.05) is 12.1 Å². The smallest absolute Gasteiger partial charge is 0.329 e. The number of hydrogen-bond donors (Lipinski definition) is 1. The van der Waals surface area contributed by atoms with E-state index < -0.39 is 5.97 Å². The molecule has 5 nitrogen and oxygen atoms in total. The maximum atomic E-state index is 10.2. The predicted molar refractivity (Wildman–Crippen MR) is 87.0 cm³/mol. The minimum atomic E-state index is -0.942. The van der Waals surface area contributed by atoms with Crippen molar-refractivity contribution in [2.45, 2.75) is 38.0 Å². The number of carboxylic acids is 1. The van der Waals surface area contributed by atoms with Crippen LogP contribution in [0.3, 0.4) is 0 Å². The monoisotopic (exact) mass is 322 g/mol. The van der Waals surface area contributed by atoms with Crippen LogP contribution in [0.2, 0.25) is 0 Å². The summed E-state index contributed by atoms with van der Waals surface area (Å²) in [5, 5.41) is 8.39. The van der Waals surface area contributed by atoms with E-state index in [1.165, 1.54) is 18.4 Å². The first-order valence-electron chi connectivity index (χ1n) is 8.21. The largest absolute Gasteiger partial charge is 0.494 e. The van der Waals surface area contributed by atoms with E-state index in [9.17, 15) is 4.79 Å². The standard InChI is InChI=1S/C18H26O5/c1-18(8-9-18)15-4-6-16(7-5-15)23-13-3-11-21-10-2-12-22-14-17(19)20/h4-7H,2-3,8-14H2,1H3,(H,19,20). The molecule has 0 aliphatic heterocycles. The van der Waals surface area contributed by atoms with Gasteiger partial charge in [-0.1, -0.05) is 19.1 Å². The average Bonchev–Trinajstić information content (AvgIpc) is 3.28. The van der Waals surface area contributed by atoms with Gasteiger partial charge in [-0.2, -0.15) is 0 Å². The van der Waals surface area contributed by atoms with Crippen molar-refractivity contribution in [3.63, 3.8) is 0 Å². The maximum absolute atomic E-state index is 10.2. The van der Waals surface area contributed by atoms with Gasteiger partial charge < -0.3 is 19.3 Å². The number of benzene rings is 1. The van der Waals surface area contributed by atoms with Crippen molar-refractivity contribution in [1.82, 2.24) is 0 Å². The number of ether oxygens (including phenoxy) is 3. The summed E-state index contributed by atoms with van der Waals surface area (Å²) < 4.78 is 16.1. The Hall–Kier alpha value is -1.59. The van der Waals surface area contributed by atoms with E-state index in [-0.39, 0.29) is 6.61 Å². The van der Waals surface area contributed by atoms with E-state index in [2.05, 4.69) is 19.1 Å². The van der Waals surface area contributed by atoms with E-state index in [0.29, 0.717) is 38.3 Å². The van der Waals surface area contributed by atoms with Crippen molar-refractivity contribution in [2.75, 3.05) is 33.0 Å². The Balaban J connectivity index is 1.45. The van der Waals surface area contributed by atoms with E-state index in [4.69, 9.17) is 19.3 Å². The van der Waals surface area contributed by atoms with Crippen molar-refractivity contribution in [1.29, 1.82) is 0 Å². The second-order valence-electron chi connectivity index (χ2n) is 6.20. The van der Waals surface area contributed by atoms with Gasteiger partial charge in [-0.25, -0.2) is 4.79 Å². The molecule has 0 saturated heterocycles. The third kappa shape index (κ3) is 6.59. The summed E-state index contributed by atoms with van der Waals surface area (Å²) in [6, 6.07) is 8.41. The molecule has 0 bridgehead atoms. The molecular weight excluding hydrogens is 296 g/mol. The molecule has 0 aromatic heterocycles. The first-order chi connectivity index (χ1) is 11.1. The summed E-state index contributed by atoms with van der Waals surface area (Å²) in [5.74, 6) is -0.0394. The van der Waals surface area contributed by atoms with Gasteiger partial charge in [0, 0.05) is 26.2 Å². The number of rotatable bonds is 12. The molecule has 5 heteroatoms. The molecule has 2 rings (SSSR count). The molecule has 1 saturated carbocycles. The molecule has 0 radical (unpaired) electrons. The second-order valence-corrected chi connectivity index (χ2v) is 6.20. The highest BCUT2D eigenvalue weighted by atomic mass is 16.5. The van der Waals surface area contributed by atoms with E-state index in [0.717, 1.165) is 12.2 Å². The molecule has 0 amide bonds. The van der Waals surface area contributed by atoms with E-state index in [1.54, 1.807) is 0 Å². The first-order valence-corrected chi connectivity index (χ1v) is 8.21. The second kappa shape index (κ2) is 8.89. The number of aliphatic carboxylic acids is 1. The van der Waals surface area contributed by atoms with Gasteiger partial charge in [-0.3, -0.25) is 0 Å². The van der Waals surface area contributed by atoms with Crippen LogP contribution < -0.4 is 4.74 Å². The molecule has 0 atom stereocenters. The molecular formula is C18H26O5. The molecule has 1 aliphatic carbocycles. The fourth-order valence-electron chi connectivity index (χ4n) is 2.31. The van der Waals surface area contributed by atoms with Gasteiger partial charge in [-0.15, -0.1) is 0 Å². The lowest BCUT2D eigenvalue weighted by Gasteiger charge is -2.11.